The van der Waals surface area contributed by atoms with E-state index in [0.29, 0.717) is 17.9 Å². The number of amides is 1. The van der Waals surface area contributed by atoms with Gasteiger partial charge in [0.05, 0.1) is 18.3 Å². The lowest BCUT2D eigenvalue weighted by Gasteiger charge is -2.27. The van der Waals surface area contributed by atoms with Crippen LogP contribution in [0.2, 0.25) is 0 Å². The lowest BCUT2D eigenvalue weighted by Crippen LogP contribution is -2.34. The van der Waals surface area contributed by atoms with E-state index in [2.05, 4.69) is 5.32 Å². The number of carbonyl (C=O) groups is 2. The number of allylic oxidation sites excluding steroid dienone is 1. The minimum Gasteiger partial charge on any atom is -0.460 e. The molecule has 0 spiro atoms. The van der Waals surface area contributed by atoms with Crippen LogP contribution in [0.15, 0.2) is 35.5 Å². The molecule has 1 heterocycles. The summed E-state index contributed by atoms with van der Waals surface area (Å²) in [5.74, 6) is -0.757. The molecule has 1 aliphatic heterocycles. The first-order chi connectivity index (χ1) is 11.4. The number of rotatable bonds is 6. The number of benzene rings is 1. The van der Waals surface area contributed by atoms with Gasteiger partial charge in [0, 0.05) is 18.0 Å². The van der Waals surface area contributed by atoms with Crippen molar-refractivity contribution in [2.75, 3.05) is 13.2 Å². The standard InChI is InChI=1S/C19H25NO4/c1-12(2)23-9-10-24-19(22)18-14(4)20-17(21)11-16(18)15-8-6-5-7-13(15)3/h5-8,12,16H,9-11H2,1-4H3,(H,20,21). The number of hydrogen-bond acceptors (Lipinski definition) is 4. The van der Waals surface area contributed by atoms with E-state index in [1.807, 2.05) is 45.0 Å². The Morgan fingerprint density at radius 3 is 2.62 bits per heavy atom. The Morgan fingerprint density at radius 2 is 1.96 bits per heavy atom. The predicted molar refractivity (Wildman–Crippen MR) is 91.4 cm³/mol. The Hall–Kier alpha value is -2.14. The molecule has 1 unspecified atom stereocenters. The first kappa shape index (κ1) is 18.2. The highest BCUT2D eigenvalue weighted by Gasteiger charge is 2.33. The molecule has 0 aromatic heterocycles. The van der Waals surface area contributed by atoms with E-state index in [9.17, 15) is 9.59 Å². The topological polar surface area (TPSA) is 64.6 Å². The van der Waals surface area contributed by atoms with Crippen molar-refractivity contribution in [2.45, 2.75) is 46.1 Å². The summed E-state index contributed by atoms with van der Waals surface area (Å²) in [7, 11) is 0. The Morgan fingerprint density at radius 1 is 1.25 bits per heavy atom. The molecule has 1 aromatic rings. The Kier molecular flexibility index (Phi) is 6.15. The SMILES string of the molecule is CC1=C(C(=O)OCCOC(C)C)C(c2ccccc2C)CC(=O)N1. The lowest BCUT2D eigenvalue weighted by atomic mass is 9.82. The summed E-state index contributed by atoms with van der Waals surface area (Å²) in [5.41, 5.74) is 3.12. The van der Waals surface area contributed by atoms with Gasteiger partial charge in [-0.3, -0.25) is 4.79 Å². The van der Waals surface area contributed by atoms with Crippen molar-refractivity contribution in [1.29, 1.82) is 0 Å². The van der Waals surface area contributed by atoms with Crippen LogP contribution >= 0.6 is 0 Å². The third-order valence-corrected chi connectivity index (χ3v) is 4.02. The van der Waals surface area contributed by atoms with Crippen LogP contribution in [0.1, 0.15) is 44.2 Å². The molecule has 0 saturated heterocycles. The van der Waals surface area contributed by atoms with Gasteiger partial charge in [-0.1, -0.05) is 24.3 Å². The largest absolute Gasteiger partial charge is 0.460 e. The summed E-state index contributed by atoms with van der Waals surface area (Å²) < 4.78 is 10.7. The Labute approximate surface area is 143 Å². The minimum atomic E-state index is -0.395. The van der Waals surface area contributed by atoms with E-state index in [1.165, 1.54) is 0 Å². The number of hydrogen-bond donors (Lipinski definition) is 1. The van der Waals surface area contributed by atoms with Gasteiger partial charge < -0.3 is 14.8 Å². The third-order valence-electron chi connectivity index (χ3n) is 4.02. The van der Waals surface area contributed by atoms with Crippen LogP contribution in [0, 0.1) is 6.92 Å². The van der Waals surface area contributed by atoms with Crippen molar-refractivity contribution in [3.8, 4) is 0 Å². The third kappa shape index (κ3) is 4.45. The van der Waals surface area contributed by atoms with E-state index in [-0.39, 0.29) is 31.0 Å². The molecule has 1 aromatic carbocycles. The number of ether oxygens (including phenoxy) is 2. The zero-order chi connectivity index (χ0) is 17.7. The number of carbonyl (C=O) groups excluding carboxylic acids is 2. The molecule has 0 aliphatic carbocycles. The summed E-state index contributed by atoms with van der Waals surface area (Å²) in [6.45, 7) is 8.14. The van der Waals surface area contributed by atoms with Gasteiger partial charge >= 0.3 is 5.97 Å². The zero-order valence-corrected chi connectivity index (χ0v) is 14.7. The number of nitrogens with one attached hydrogen (secondary N) is 1. The van der Waals surface area contributed by atoms with E-state index >= 15 is 0 Å². The maximum absolute atomic E-state index is 12.6. The molecule has 1 N–H and O–H groups in total. The molecule has 5 heteroatoms. The second-order valence-corrected chi connectivity index (χ2v) is 6.26. The van der Waals surface area contributed by atoms with Crippen LogP contribution in [0.5, 0.6) is 0 Å². The molecule has 1 atom stereocenters. The molecular weight excluding hydrogens is 306 g/mol. The van der Waals surface area contributed by atoms with Gasteiger partial charge in [0.1, 0.15) is 6.61 Å². The molecule has 0 saturated carbocycles. The fraction of sp³-hybridized carbons (Fsp3) is 0.474. The highest BCUT2D eigenvalue weighted by atomic mass is 16.6. The summed E-state index contributed by atoms with van der Waals surface area (Å²) >= 11 is 0. The van der Waals surface area contributed by atoms with Gasteiger partial charge in [0.2, 0.25) is 5.91 Å². The van der Waals surface area contributed by atoms with Crippen molar-refractivity contribution < 1.29 is 19.1 Å². The fourth-order valence-electron chi connectivity index (χ4n) is 2.91. The van der Waals surface area contributed by atoms with Crippen molar-refractivity contribution in [3.63, 3.8) is 0 Å². The first-order valence-corrected chi connectivity index (χ1v) is 8.25. The van der Waals surface area contributed by atoms with Crippen molar-refractivity contribution in [3.05, 3.63) is 46.7 Å². The van der Waals surface area contributed by atoms with E-state index in [0.717, 1.165) is 11.1 Å². The quantitative estimate of drug-likeness (QED) is 0.643. The van der Waals surface area contributed by atoms with Gasteiger partial charge in [-0.05, 0) is 38.8 Å². The molecule has 5 nitrogen and oxygen atoms in total. The molecule has 1 aliphatic rings. The second kappa shape index (κ2) is 8.11. The van der Waals surface area contributed by atoms with E-state index < -0.39 is 5.97 Å². The van der Waals surface area contributed by atoms with E-state index in [4.69, 9.17) is 9.47 Å². The van der Waals surface area contributed by atoms with Gasteiger partial charge in [-0.15, -0.1) is 0 Å². The molecule has 0 bridgehead atoms. The summed E-state index contributed by atoms with van der Waals surface area (Å²) in [5, 5.41) is 2.75. The van der Waals surface area contributed by atoms with Crippen molar-refractivity contribution >= 4 is 11.9 Å². The molecule has 2 rings (SSSR count). The van der Waals surface area contributed by atoms with Crippen LogP contribution in [-0.2, 0) is 19.1 Å². The fourth-order valence-corrected chi connectivity index (χ4v) is 2.91. The Bertz CT molecular complexity index is 649. The monoisotopic (exact) mass is 331 g/mol. The molecule has 130 valence electrons. The lowest BCUT2D eigenvalue weighted by molar-refractivity contribution is -0.141. The number of aryl methyl sites for hydroxylation is 1. The normalized spacial score (nSPS) is 17.9. The predicted octanol–water partition coefficient (Wildman–Crippen LogP) is 2.84. The molecule has 1 amide bonds. The molecule has 0 fully saturated rings. The average molecular weight is 331 g/mol. The van der Waals surface area contributed by atoms with Crippen LogP contribution in [0.3, 0.4) is 0 Å². The molecule has 0 radical (unpaired) electrons. The first-order valence-electron chi connectivity index (χ1n) is 8.25. The zero-order valence-electron chi connectivity index (χ0n) is 14.7. The number of esters is 1. The summed E-state index contributed by atoms with van der Waals surface area (Å²) in [6.07, 6.45) is 0.341. The highest BCUT2D eigenvalue weighted by molar-refractivity contribution is 5.95. The van der Waals surface area contributed by atoms with Gasteiger partial charge in [-0.2, -0.15) is 0 Å². The molecule has 24 heavy (non-hydrogen) atoms. The van der Waals surface area contributed by atoms with Crippen LogP contribution in [0.4, 0.5) is 0 Å². The second-order valence-electron chi connectivity index (χ2n) is 6.26. The van der Waals surface area contributed by atoms with Crippen LogP contribution in [-0.4, -0.2) is 31.2 Å². The van der Waals surface area contributed by atoms with Crippen molar-refractivity contribution in [2.24, 2.45) is 0 Å². The van der Waals surface area contributed by atoms with Gasteiger partial charge in [-0.25, -0.2) is 4.79 Å². The summed E-state index contributed by atoms with van der Waals surface area (Å²) in [4.78, 5) is 24.5. The smallest absolute Gasteiger partial charge is 0.336 e. The maximum atomic E-state index is 12.6. The Balaban J connectivity index is 2.19. The maximum Gasteiger partial charge on any atom is 0.336 e. The van der Waals surface area contributed by atoms with Crippen molar-refractivity contribution in [1.82, 2.24) is 5.32 Å². The average Bonchev–Trinajstić information content (AvgIpc) is 2.51. The highest BCUT2D eigenvalue weighted by Crippen LogP contribution is 2.34. The summed E-state index contributed by atoms with van der Waals surface area (Å²) in [6, 6.07) is 7.81. The molecular formula is C19H25NO4. The van der Waals surface area contributed by atoms with E-state index in [1.54, 1.807) is 6.92 Å². The van der Waals surface area contributed by atoms with Crippen LogP contribution < -0.4 is 5.32 Å². The minimum absolute atomic E-state index is 0.0829. The van der Waals surface area contributed by atoms with Crippen LogP contribution in [0.25, 0.3) is 0 Å². The van der Waals surface area contributed by atoms with Gasteiger partial charge in [0.15, 0.2) is 0 Å². The van der Waals surface area contributed by atoms with Gasteiger partial charge in [0.25, 0.3) is 0 Å².